The van der Waals surface area contributed by atoms with Gasteiger partial charge in [0, 0.05) is 19.1 Å². The van der Waals surface area contributed by atoms with Crippen molar-refractivity contribution in [3.63, 3.8) is 0 Å². The smallest absolute Gasteiger partial charge is 0.318 e. The Hall–Kier alpha value is -4.13. The summed E-state index contributed by atoms with van der Waals surface area (Å²) >= 11 is 0. The summed E-state index contributed by atoms with van der Waals surface area (Å²) in [5, 5.41) is 13.5. The Bertz CT molecular complexity index is 1330. The number of carbonyl (C=O) groups is 3. The summed E-state index contributed by atoms with van der Waals surface area (Å²) < 4.78 is 5.31. The summed E-state index contributed by atoms with van der Waals surface area (Å²) in [5.41, 5.74) is 1.54. The van der Waals surface area contributed by atoms with E-state index in [1.165, 1.54) is 0 Å². The summed E-state index contributed by atoms with van der Waals surface area (Å²) in [7, 11) is 1.54. The van der Waals surface area contributed by atoms with Crippen molar-refractivity contribution in [3.8, 4) is 5.75 Å². The zero-order valence-electron chi connectivity index (χ0n) is 21.4. The van der Waals surface area contributed by atoms with Crippen molar-refractivity contribution in [1.29, 1.82) is 0 Å². The molecule has 0 unspecified atom stereocenters. The SMILES string of the molecule is COc1ccccc1C(=O)NC1CCN(C(=O)[C@@H]2CC[C@](C(=O)O)(c3ccccc3)c3ccccc32)CC1. The average Bonchev–Trinajstić information content (AvgIpc) is 2.97. The lowest BCUT2D eigenvalue weighted by Crippen LogP contribution is -2.49. The lowest BCUT2D eigenvalue weighted by molar-refractivity contribution is -0.144. The molecule has 38 heavy (non-hydrogen) atoms. The van der Waals surface area contributed by atoms with E-state index in [0.717, 1.165) is 11.1 Å². The van der Waals surface area contributed by atoms with Gasteiger partial charge in [-0.3, -0.25) is 14.4 Å². The number of fused-ring (bicyclic) bond motifs is 1. The molecule has 2 aliphatic rings. The van der Waals surface area contributed by atoms with Gasteiger partial charge in [0.25, 0.3) is 5.91 Å². The van der Waals surface area contributed by atoms with Crippen LogP contribution >= 0.6 is 0 Å². The molecule has 1 fully saturated rings. The van der Waals surface area contributed by atoms with E-state index in [2.05, 4.69) is 5.32 Å². The van der Waals surface area contributed by atoms with Gasteiger partial charge in [0.2, 0.25) is 5.91 Å². The molecule has 7 heteroatoms. The highest BCUT2D eigenvalue weighted by atomic mass is 16.5. The predicted octanol–water partition coefficient (Wildman–Crippen LogP) is 4.36. The molecule has 0 spiro atoms. The number of ether oxygens (including phenoxy) is 1. The topological polar surface area (TPSA) is 95.9 Å². The molecule has 1 aliphatic heterocycles. The van der Waals surface area contributed by atoms with Crippen molar-refractivity contribution in [3.05, 3.63) is 101 Å². The van der Waals surface area contributed by atoms with Crippen LogP contribution in [0.25, 0.3) is 0 Å². The molecular weight excluding hydrogens is 480 g/mol. The summed E-state index contributed by atoms with van der Waals surface area (Å²) in [6.07, 6.45) is 2.13. The van der Waals surface area contributed by atoms with Crippen molar-refractivity contribution in [2.75, 3.05) is 20.2 Å². The molecule has 2 atom stereocenters. The van der Waals surface area contributed by atoms with Crippen LogP contribution in [0.15, 0.2) is 78.9 Å². The van der Waals surface area contributed by atoms with Gasteiger partial charge in [-0.1, -0.05) is 66.7 Å². The van der Waals surface area contributed by atoms with Gasteiger partial charge < -0.3 is 20.1 Å². The molecule has 7 nitrogen and oxygen atoms in total. The fraction of sp³-hybridized carbons (Fsp3) is 0.323. The number of nitrogens with zero attached hydrogens (tertiary/aromatic N) is 1. The summed E-state index contributed by atoms with van der Waals surface area (Å²) in [5.74, 6) is -0.907. The third kappa shape index (κ3) is 4.53. The second kappa shape index (κ2) is 10.7. The van der Waals surface area contributed by atoms with Crippen molar-refractivity contribution in [2.45, 2.75) is 43.1 Å². The first kappa shape index (κ1) is 25.5. The number of para-hydroxylation sites is 1. The van der Waals surface area contributed by atoms with Gasteiger partial charge in [0.05, 0.1) is 18.6 Å². The fourth-order valence-electron chi connectivity index (χ4n) is 6.03. The second-order valence-corrected chi connectivity index (χ2v) is 10.0. The Kier molecular flexibility index (Phi) is 7.18. The zero-order chi connectivity index (χ0) is 26.7. The second-order valence-electron chi connectivity index (χ2n) is 10.0. The van der Waals surface area contributed by atoms with Crippen molar-refractivity contribution >= 4 is 17.8 Å². The maximum Gasteiger partial charge on any atom is 0.318 e. The van der Waals surface area contributed by atoms with Crippen LogP contribution in [0.5, 0.6) is 5.75 Å². The van der Waals surface area contributed by atoms with E-state index < -0.39 is 11.4 Å². The molecule has 1 aliphatic carbocycles. The minimum atomic E-state index is -1.18. The molecule has 1 heterocycles. The number of hydrogen-bond acceptors (Lipinski definition) is 4. The number of nitrogens with one attached hydrogen (secondary N) is 1. The van der Waals surface area contributed by atoms with Crippen LogP contribution in [0.1, 0.15) is 58.6 Å². The van der Waals surface area contributed by atoms with Gasteiger partial charge in [0.15, 0.2) is 0 Å². The standard InChI is InChI=1S/C31H32N2O5/c1-38-27-14-8-6-12-25(27)28(34)32-22-16-19-33(20-17-22)29(35)24-15-18-31(30(36)37,21-9-3-2-4-10-21)26-13-7-5-11-23(24)26/h2-14,22,24H,15-20H2,1H3,(H,32,34)(H,36,37)/t24-,31+/m1/s1. The number of aliphatic carboxylic acids is 1. The third-order valence-electron chi connectivity index (χ3n) is 8.03. The van der Waals surface area contributed by atoms with Gasteiger partial charge in [-0.05, 0) is 54.5 Å². The van der Waals surface area contributed by atoms with Crippen molar-refractivity contribution in [2.24, 2.45) is 0 Å². The van der Waals surface area contributed by atoms with Gasteiger partial charge in [-0.15, -0.1) is 0 Å². The normalized spacial score (nSPS) is 21.3. The van der Waals surface area contributed by atoms with Crippen LogP contribution in [-0.2, 0) is 15.0 Å². The molecule has 2 N–H and O–H groups in total. The van der Waals surface area contributed by atoms with Crippen LogP contribution in [0.2, 0.25) is 0 Å². The highest BCUT2D eigenvalue weighted by molar-refractivity contribution is 5.97. The highest BCUT2D eigenvalue weighted by Crippen LogP contribution is 2.47. The molecule has 3 aromatic rings. The fourth-order valence-corrected chi connectivity index (χ4v) is 6.03. The first-order valence-electron chi connectivity index (χ1n) is 13.1. The summed E-state index contributed by atoms with van der Waals surface area (Å²) in [6, 6.07) is 23.9. The number of carboxylic acid groups (broad SMARTS) is 1. The Morgan fingerprint density at radius 3 is 2.26 bits per heavy atom. The minimum absolute atomic E-state index is 0.0269. The lowest BCUT2D eigenvalue weighted by atomic mass is 9.63. The summed E-state index contributed by atoms with van der Waals surface area (Å²) in [6.45, 7) is 1.08. The van der Waals surface area contributed by atoms with Crippen LogP contribution < -0.4 is 10.1 Å². The number of amides is 2. The number of methoxy groups -OCH3 is 1. The number of piperidine rings is 1. The minimum Gasteiger partial charge on any atom is -0.496 e. The Labute approximate surface area is 222 Å². The van der Waals surface area contributed by atoms with Gasteiger partial charge in [-0.25, -0.2) is 0 Å². The van der Waals surface area contributed by atoms with E-state index in [1.807, 2.05) is 65.6 Å². The Balaban J connectivity index is 1.30. The largest absolute Gasteiger partial charge is 0.496 e. The molecule has 2 amide bonds. The van der Waals surface area contributed by atoms with Crippen LogP contribution in [-0.4, -0.2) is 54.0 Å². The van der Waals surface area contributed by atoms with E-state index in [0.29, 0.717) is 55.6 Å². The van der Waals surface area contributed by atoms with Gasteiger partial charge in [0.1, 0.15) is 11.2 Å². The van der Waals surface area contributed by atoms with E-state index in [4.69, 9.17) is 4.74 Å². The van der Waals surface area contributed by atoms with Crippen molar-refractivity contribution < 1.29 is 24.2 Å². The molecule has 0 radical (unpaired) electrons. The van der Waals surface area contributed by atoms with E-state index in [-0.39, 0.29) is 23.8 Å². The lowest BCUT2D eigenvalue weighted by Gasteiger charge is -2.41. The predicted molar refractivity (Wildman–Crippen MR) is 143 cm³/mol. The number of hydrogen-bond donors (Lipinski definition) is 2. The third-order valence-corrected chi connectivity index (χ3v) is 8.03. The molecule has 5 rings (SSSR count). The quantitative estimate of drug-likeness (QED) is 0.512. The van der Waals surface area contributed by atoms with E-state index >= 15 is 0 Å². The summed E-state index contributed by atoms with van der Waals surface area (Å²) in [4.78, 5) is 41.2. The number of benzene rings is 3. The maximum atomic E-state index is 13.7. The van der Waals surface area contributed by atoms with E-state index in [9.17, 15) is 19.5 Å². The number of rotatable bonds is 6. The Morgan fingerprint density at radius 2 is 1.55 bits per heavy atom. The zero-order valence-corrected chi connectivity index (χ0v) is 21.4. The number of carboxylic acids is 1. The molecule has 0 bridgehead atoms. The number of carbonyl (C=O) groups excluding carboxylic acids is 2. The average molecular weight is 513 g/mol. The van der Waals surface area contributed by atoms with Crippen LogP contribution in [0.3, 0.4) is 0 Å². The molecule has 0 aromatic heterocycles. The van der Waals surface area contributed by atoms with Crippen molar-refractivity contribution in [1.82, 2.24) is 10.2 Å². The molecule has 196 valence electrons. The monoisotopic (exact) mass is 512 g/mol. The molecule has 1 saturated heterocycles. The van der Waals surface area contributed by atoms with Gasteiger partial charge in [-0.2, -0.15) is 0 Å². The maximum absolute atomic E-state index is 13.7. The van der Waals surface area contributed by atoms with E-state index in [1.54, 1.807) is 25.3 Å². The van der Waals surface area contributed by atoms with Crippen LogP contribution in [0.4, 0.5) is 0 Å². The molecule has 3 aromatic carbocycles. The highest BCUT2D eigenvalue weighted by Gasteiger charge is 2.49. The van der Waals surface area contributed by atoms with Crippen LogP contribution in [0, 0.1) is 0 Å². The number of likely N-dealkylation sites (tertiary alicyclic amines) is 1. The Morgan fingerprint density at radius 1 is 0.895 bits per heavy atom. The first-order chi connectivity index (χ1) is 18.5. The molecular formula is C31H32N2O5. The molecule has 0 saturated carbocycles. The first-order valence-corrected chi connectivity index (χ1v) is 13.1. The van der Waals surface area contributed by atoms with Gasteiger partial charge >= 0.3 is 5.97 Å².